The zero-order valence-corrected chi connectivity index (χ0v) is 14.2. The van der Waals surface area contributed by atoms with Crippen LogP contribution in [0.15, 0.2) is 30.6 Å². The molecule has 0 bridgehead atoms. The van der Waals surface area contributed by atoms with E-state index in [1.165, 1.54) is 0 Å². The first kappa shape index (κ1) is 16.3. The maximum Gasteiger partial charge on any atom is 0.254 e. The van der Waals surface area contributed by atoms with Gasteiger partial charge in [0.05, 0.1) is 22.5 Å². The summed E-state index contributed by atoms with van der Waals surface area (Å²) < 4.78 is 1.58. The smallest absolute Gasteiger partial charge is 0.254 e. The Morgan fingerprint density at radius 2 is 2.26 bits per heavy atom. The number of nitrogens with one attached hydrogen (secondary N) is 2. The molecule has 2 N–H and O–H groups in total. The lowest BCUT2D eigenvalue weighted by atomic mass is 10.0. The summed E-state index contributed by atoms with van der Waals surface area (Å²) in [7, 11) is 0. The predicted molar refractivity (Wildman–Crippen MR) is 91.5 cm³/mol. The largest absolute Gasteiger partial charge is 0.349 e. The van der Waals surface area contributed by atoms with Gasteiger partial charge in [-0.3, -0.25) is 4.79 Å². The lowest BCUT2D eigenvalue weighted by molar-refractivity contribution is 0.0925. The van der Waals surface area contributed by atoms with Crippen LogP contribution in [0.3, 0.4) is 0 Å². The van der Waals surface area contributed by atoms with Crippen molar-refractivity contribution in [3.63, 3.8) is 0 Å². The van der Waals surface area contributed by atoms with E-state index < -0.39 is 0 Å². The molecule has 1 aromatic heterocycles. The molecule has 0 spiro atoms. The van der Waals surface area contributed by atoms with Crippen LogP contribution in [-0.4, -0.2) is 34.3 Å². The molecule has 2 aromatic rings. The predicted octanol–water partition coefficient (Wildman–Crippen LogP) is 3.05. The molecule has 0 saturated carbocycles. The summed E-state index contributed by atoms with van der Waals surface area (Å²) in [5.74, 6) is -0.111. The van der Waals surface area contributed by atoms with Crippen molar-refractivity contribution in [3.05, 3.63) is 46.2 Å². The third-order valence-corrected chi connectivity index (χ3v) is 4.50. The van der Waals surface area contributed by atoms with Crippen molar-refractivity contribution in [1.29, 1.82) is 0 Å². The molecular formula is C16H18Cl2N4O. The Morgan fingerprint density at radius 3 is 3.00 bits per heavy atom. The Hall–Kier alpha value is -1.56. The molecule has 1 aliphatic rings. The van der Waals surface area contributed by atoms with Crippen molar-refractivity contribution in [2.45, 2.75) is 31.8 Å². The van der Waals surface area contributed by atoms with Gasteiger partial charge in [0, 0.05) is 23.3 Å². The van der Waals surface area contributed by atoms with E-state index in [1.807, 2.05) is 0 Å². The Kier molecular flexibility index (Phi) is 4.90. The SMILES string of the molecule is CC1CC(NC(=O)c2cnn(-c3ccc(Cl)cc3Cl)c2)CCN1. The number of hydrogen-bond acceptors (Lipinski definition) is 3. The van der Waals surface area contributed by atoms with Gasteiger partial charge in [0.2, 0.25) is 0 Å². The first-order chi connectivity index (χ1) is 11.0. The highest BCUT2D eigenvalue weighted by Gasteiger charge is 2.21. The van der Waals surface area contributed by atoms with Crippen LogP contribution in [0.2, 0.25) is 10.0 Å². The van der Waals surface area contributed by atoms with E-state index in [2.05, 4.69) is 22.7 Å². The van der Waals surface area contributed by atoms with E-state index >= 15 is 0 Å². The number of nitrogens with zero attached hydrogens (tertiary/aromatic N) is 2. The number of benzene rings is 1. The second-order valence-corrected chi connectivity index (χ2v) is 6.66. The molecule has 5 nitrogen and oxygen atoms in total. The number of hydrogen-bond donors (Lipinski definition) is 2. The highest BCUT2D eigenvalue weighted by atomic mass is 35.5. The number of amides is 1. The molecule has 122 valence electrons. The molecule has 0 radical (unpaired) electrons. The molecule has 1 aliphatic heterocycles. The number of piperidine rings is 1. The standard InChI is InChI=1S/C16H18Cl2N4O/c1-10-6-13(4-5-19-10)21-16(23)11-8-20-22(9-11)15-3-2-12(17)7-14(15)18/h2-3,7-10,13,19H,4-6H2,1H3,(H,21,23). The zero-order chi connectivity index (χ0) is 16.4. The van der Waals surface area contributed by atoms with Crippen LogP contribution < -0.4 is 10.6 Å². The lowest BCUT2D eigenvalue weighted by Gasteiger charge is -2.28. The van der Waals surface area contributed by atoms with Crippen LogP contribution >= 0.6 is 23.2 Å². The first-order valence-electron chi connectivity index (χ1n) is 7.57. The third-order valence-electron chi connectivity index (χ3n) is 3.96. The van der Waals surface area contributed by atoms with Gasteiger partial charge in [-0.25, -0.2) is 4.68 Å². The van der Waals surface area contributed by atoms with Gasteiger partial charge in [0.1, 0.15) is 0 Å². The fourth-order valence-electron chi connectivity index (χ4n) is 2.77. The van der Waals surface area contributed by atoms with Crippen LogP contribution in [0.1, 0.15) is 30.1 Å². The molecule has 2 heterocycles. The number of carbonyl (C=O) groups is 1. The van der Waals surface area contributed by atoms with E-state index in [-0.39, 0.29) is 11.9 Å². The van der Waals surface area contributed by atoms with Crippen molar-refractivity contribution in [3.8, 4) is 5.69 Å². The average Bonchev–Trinajstić information content (AvgIpc) is 2.97. The summed E-state index contributed by atoms with van der Waals surface area (Å²) in [4.78, 5) is 12.4. The second-order valence-electron chi connectivity index (χ2n) is 5.82. The quantitative estimate of drug-likeness (QED) is 0.892. The summed E-state index contributed by atoms with van der Waals surface area (Å²) in [5, 5.41) is 11.7. The molecule has 2 atom stereocenters. The van der Waals surface area contributed by atoms with E-state index in [1.54, 1.807) is 35.3 Å². The fourth-order valence-corrected chi connectivity index (χ4v) is 3.27. The number of carbonyl (C=O) groups excluding carboxylic acids is 1. The minimum atomic E-state index is -0.111. The van der Waals surface area contributed by atoms with Gasteiger partial charge in [0.25, 0.3) is 5.91 Å². The average molecular weight is 353 g/mol. The minimum Gasteiger partial charge on any atom is -0.349 e. The zero-order valence-electron chi connectivity index (χ0n) is 12.7. The molecule has 0 aliphatic carbocycles. The van der Waals surface area contributed by atoms with Gasteiger partial charge < -0.3 is 10.6 Å². The van der Waals surface area contributed by atoms with Crippen molar-refractivity contribution in [2.24, 2.45) is 0 Å². The van der Waals surface area contributed by atoms with Crippen LogP contribution in [0.25, 0.3) is 5.69 Å². The molecular weight excluding hydrogens is 335 g/mol. The molecule has 1 amide bonds. The van der Waals surface area contributed by atoms with Crippen molar-refractivity contribution < 1.29 is 4.79 Å². The maximum atomic E-state index is 12.4. The minimum absolute atomic E-state index is 0.111. The van der Waals surface area contributed by atoms with Crippen LogP contribution in [0.5, 0.6) is 0 Å². The fraction of sp³-hybridized carbons (Fsp3) is 0.375. The summed E-state index contributed by atoms with van der Waals surface area (Å²) in [6.45, 7) is 3.05. The van der Waals surface area contributed by atoms with Crippen molar-refractivity contribution >= 4 is 29.1 Å². The first-order valence-corrected chi connectivity index (χ1v) is 8.33. The molecule has 3 rings (SSSR count). The van der Waals surface area contributed by atoms with E-state index in [0.29, 0.717) is 27.3 Å². The van der Waals surface area contributed by atoms with Crippen molar-refractivity contribution in [1.82, 2.24) is 20.4 Å². The highest BCUT2D eigenvalue weighted by Crippen LogP contribution is 2.24. The number of rotatable bonds is 3. The normalized spacial score (nSPS) is 21.2. The van der Waals surface area contributed by atoms with Gasteiger partial charge in [-0.2, -0.15) is 5.10 Å². The Morgan fingerprint density at radius 1 is 1.43 bits per heavy atom. The van der Waals surface area contributed by atoms with Gasteiger partial charge in [0.15, 0.2) is 0 Å². The third kappa shape index (κ3) is 3.86. The molecule has 23 heavy (non-hydrogen) atoms. The van der Waals surface area contributed by atoms with Gasteiger partial charge in [-0.1, -0.05) is 23.2 Å². The molecule has 1 saturated heterocycles. The Balaban J connectivity index is 1.72. The number of halogens is 2. The Bertz CT molecular complexity index is 716. The van der Waals surface area contributed by atoms with Crippen LogP contribution in [0.4, 0.5) is 0 Å². The summed E-state index contributed by atoms with van der Waals surface area (Å²) in [6, 6.07) is 5.77. The molecule has 2 unspecified atom stereocenters. The topological polar surface area (TPSA) is 59.0 Å². The van der Waals surface area contributed by atoms with Gasteiger partial charge in [-0.05, 0) is 44.5 Å². The number of aromatic nitrogens is 2. The van der Waals surface area contributed by atoms with E-state index in [4.69, 9.17) is 23.2 Å². The summed E-state index contributed by atoms with van der Waals surface area (Å²) >= 11 is 12.1. The molecule has 7 heteroatoms. The second kappa shape index (κ2) is 6.91. The van der Waals surface area contributed by atoms with Crippen LogP contribution in [0, 0.1) is 0 Å². The molecule has 1 aromatic carbocycles. The lowest BCUT2D eigenvalue weighted by Crippen LogP contribution is -2.46. The van der Waals surface area contributed by atoms with Gasteiger partial charge in [-0.15, -0.1) is 0 Å². The van der Waals surface area contributed by atoms with Crippen LogP contribution in [-0.2, 0) is 0 Å². The maximum absolute atomic E-state index is 12.4. The van der Waals surface area contributed by atoms with E-state index in [9.17, 15) is 4.79 Å². The molecule has 1 fully saturated rings. The van der Waals surface area contributed by atoms with Crippen molar-refractivity contribution in [2.75, 3.05) is 6.54 Å². The Labute approximate surface area is 145 Å². The van der Waals surface area contributed by atoms with E-state index in [0.717, 1.165) is 19.4 Å². The summed E-state index contributed by atoms with van der Waals surface area (Å²) in [6.07, 6.45) is 5.09. The van der Waals surface area contributed by atoms with Gasteiger partial charge >= 0.3 is 0 Å². The highest BCUT2D eigenvalue weighted by molar-refractivity contribution is 6.35. The summed E-state index contributed by atoms with van der Waals surface area (Å²) in [5.41, 5.74) is 1.20. The monoisotopic (exact) mass is 352 g/mol.